The van der Waals surface area contributed by atoms with Crippen molar-refractivity contribution in [3.05, 3.63) is 41.3 Å². The Labute approximate surface area is 182 Å². The number of nitrogen functional groups attached to an aromatic ring is 1. The van der Waals surface area contributed by atoms with Crippen molar-refractivity contribution in [2.45, 2.75) is 32.6 Å². The van der Waals surface area contributed by atoms with Crippen LogP contribution in [0.25, 0.3) is 5.69 Å². The van der Waals surface area contributed by atoms with Crippen LogP contribution in [0.5, 0.6) is 0 Å². The minimum absolute atomic E-state index is 0. The van der Waals surface area contributed by atoms with E-state index in [4.69, 9.17) is 5.73 Å². The third-order valence-corrected chi connectivity index (χ3v) is 4.11. The summed E-state index contributed by atoms with van der Waals surface area (Å²) in [6, 6.07) is 7.96. The summed E-state index contributed by atoms with van der Waals surface area (Å²) in [6.45, 7) is 3.72. The zero-order valence-electron chi connectivity index (χ0n) is 16.2. The molecule has 0 unspecified atom stereocenters. The van der Waals surface area contributed by atoms with Gasteiger partial charge in [-0.3, -0.25) is 4.99 Å². The van der Waals surface area contributed by atoms with Crippen LogP contribution >= 0.6 is 24.0 Å². The van der Waals surface area contributed by atoms with Gasteiger partial charge in [0.1, 0.15) is 23.3 Å². The van der Waals surface area contributed by atoms with Gasteiger partial charge in [-0.25, -0.2) is 9.07 Å². The molecule has 152 valence electrons. The third kappa shape index (κ3) is 6.37. The molecule has 0 saturated heterocycles. The highest BCUT2D eigenvalue weighted by Crippen LogP contribution is 2.21. The minimum atomic E-state index is -0.336. The lowest BCUT2D eigenvalue weighted by Gasteiger charge is -2.11. The molecule has 1 heterocycles. The van der Waals surface area contributed by atoms with Gasteiger partial charge in [-0.1, -0.05) is 13.3 Å². The van der Waals surface area contributed by atoms with E-state index in [1.165, 1.54) is 16.8 Å². The van der Waals surface area contributed by atoms with Gasteiger partial charge >= 0.3 is 0 Å². The van der Waals surface area contributed by atoms with E-state index in [2.05, 4.69) is 33.7 Å². The number of nitriles is 1. The molecule has 28 heavy (non-hydrogen) atoms. The van der Waals surface area contributed by atoms with Crippen molar-refractivity contribution >= 4 is 35.8 Å². The molecule has 0 bridgehead atoms. The number of halogens is 2. The number of aryl methyl sites for hydroxylation is 1. The van der Waals surface area contributed by atoms with Gasteiger partial charge in [0.15, 0.2) is 5.96 Å². The van der Waals surface area contributed by atoms with Crippen molar-refractivity contribution in [3.63, 3.8) is 0 Å². The molecule has 0 aliphatic carbocycles. The van der Waals surface area contributed by atoms with E-state index in [9.17, 15) is 9.65 Å². The summed E-state index contributed by atoms with van der Waals surface area (Å²) >= 11 is 0. The molecule has 1 aromatic carbocycles. The summed E-state index contributed by atoms with van der Waals surface area (Å²) in [5, 5.41) is 20.4. The molecule has 0 aliphatic rings. The molecule has 1 aromatic heterocycles. The summed E-state index contributed by atoms with van der Waals surface area (Å²) in [6.07, 6.45) is 3.58. The van der Waals surface area contributed by atoms with Crippen LogP contribution in [0.3, 0.4) is 0 Å². The largest absolute Gasteiger partial charge is 0.382 e. The number of aromatic nitrogens is 2. The van der Waals surface area contributed by atoms with Gasteiger partial charge in [0.2, 0.25) is 0 Å². The topological polar surface area (TPSA) is 104 Å². The average Bonchev–Trinajstić information content (AvgIpc) is 2.99. The Morgan fingerprint density at radius 1 is 1.25 bits per heavy atom. The van der Waals surface area contributed by atoms with Crippen molar-refractivity contribution in [2.24, 2.45) is 4.99 Å². The fourth-order valence-corrected chi connectivity index (χ4v) is 2.62. The Hall–Kier alpha value is -2.35. The lowest BCUT2D eigenvalue weighted by Crippen LogP contribution is -2.38. The predicted octanol–water partition coefficient (Wildman–Crippen LogP) is 2.98. The molecule has 2 aromatic rings. The zero-order valence-corrected chi connectivity index (χ0v) is 18.5. The van der Waals surface area contributed by atoms with Crippen molar-refractivity contribution in [1.29, 1.82) is 5.26 Å². The number of nitrogens with zero attached hydrogens (tertiary/aromatic N) is 4. The molecule has 0 radical (unpaired) electrons. The molecule has 9 heteroatoms. The van der Waals surface area contributed by atoms with Crippen LogP contribution in [0.2, 0.25) is 0 Å². The molecule has 0 saturated carbocycles. The highest BCUT2D eigenvalue weighted by atomic mass is 127. The average molecular weight is 499 g/mol. The number of unbranched alkanes of at least 4 members (excludes halogenated alkanes) is 1. The van der Waals surface area contributed by atoms with Crippen LogP contribution in [-0.4, -0.2) is 35.9 Å². The number of benzene rings is 1. The second-order valence-electron chi connectivity index (χ2n) is 6.09. The molecule has 0 fully saturated rings. The highest BCUT2D eigenvalue weighted by molar-refractivity contribution is 14.0. The maximum atomic E-state index is 13.1. The molecule has 4 N–H and O–H groups in total. The van der Waals surface area contributed by atoms with Gasteiger partial charge in [0.25, 0.3) is 0 Å². The number of anilines is 1. The number of aliphatic imine (C=N–C) groups is 1. The number of nitrogens with two attached hydrogens (primary N) is 1. The molecule has 0 amide bonds. The maximum Gasteiger partial charge on any atom is 0.190 e. The van der Waals surface area contributed by atoms with E-state index in [-0.39, 0.29) is 35.6 Å². The Morgan fingerprint density at radius 3 is 2.46 bits per heavy atom. The number of nitrogens with one attached hydrogen (secondary N) is 2. The van der Waals surface area contributed by atoms with E-state index in [1.807, 2.05) is 0 Å². The van der Waals surface area contributed by atoms with E-state index >= 15 is 0 Å². The van der Waals surface area contributed by atoms with Crippen molar-refractivity contribution in [1.82, 2.24) is 20.4 Å². The van der Waals surface area contributed by atoms with E-state index < -0.39 is 0 Å². The van der Waals surface area contributed by atoms with Crippen LogP contribution in [0, 0.1) is 17.1 Å². The minimum Gasteiger partial charge on any atom is -0.382 e. The Balaban J connectivity index is 0.00000392. The molecular weight excluding hydrogens is 472 g/mol. The van der Waals surface area contributed by atoms with Crippen molar-refractivity contribution in [3.8, 4) is 11.8 Å². The third-order valence-electron chi connectivity index (χ3n) is 4.11. The normalized spacial score (nSPS) is 10.9. The fourth-order valence-electron chi connectivity index (χ4n) is 2.62. The van der Waals surface area contributed by atoms with Crippen LogP contribution in [0.4, 0.5) is 10.2 Å². The van der Waals surface area contributed by atoms with Crippen LogP contribution in [-0.2, 0) is 6.42 Å². The van der Waals surface area contributed by atoms with E-state index in [1.54, 1.807) is 19.2 Å². The standard InChI is InChI=1S/C19H26FN7.HI/c1-3-4-11-24-19(23-2)25-12-5-6-17-16(13-21)18(22)27(26-17)15-9-7-14(20)8-10-15;/h7-10H,3-6,11-12,22H2,1-2H3,(H2,23,24,25);1H. The van der Waals surface area contributed by atoms with Gasteiger partial charge in [-0.2, -0.15) is 10.4 Å². The van der Waals surface area contributed by atoms with Crippen LogP contribution in [0.15, 0.2) is 29.3 Å². The Bertz CT molecular complexity index is 809. The predicted molar refractivity (Wildman–Crippen MR) is 121 cm³/mol. The summed E-state index contributed by atoms with van der Waals surface area (Å²) in [7, 11) is 1.74. The van der Waals surface area contributed by atoms with Gasteiger partial charge < -0.3 is 16.4 Å². The smallest absolute Gasteiger partial charge is 0.190 e. The maximum absolute atomic E-state index is 13.1. The Morgan fingerprint density at radius 2 is 1.89 bits per heavy atom. The van der Waals surface area contributed by atoms with Gasteiger partial charge in [0.05, 0.1) is 11.4 Å². The van der Waals surface area contributed by atoms with E-state index in [0.29, 0.717) is 29.9 Å². The molecular formula is C19H27FIN7. The summed E-state index contributed by atoms with van der Waals surface area (Å²) in [4.78, 5) is 4.17. The molecule has 0 spiro atoms. The summed E-state index contributed by atoms with van der Waals surface area (Å²) < 4.78 is 14.6. The lowest BCUT2D eigenvalue weighted by atomic mass is 10.1. The summed E-state index contributed by atoms with van der Waals surface area (Å²) in [5.41, 5.74) is 7.69. The second-order valence-corrected chi connectivity index (χ2v) is 6.09. The Kier molecular flexibility index (Phi) is 10.3. The van der Waals surface area contributed by atoms with Crippen LogP contribution in [0.1, 0.15) is 37.4 Å². The first kappa shape index (κ1) is 23.7. The number of guanidine groups is 1. The van der Waals surface area contributed by atoms with E-state index in [0.717, 1.165) is 31.8 Å². The fraction of sp³-hybridized carbons (Fsp3) is 0.421. The van der Waals surface area contributed by atoms with Crippen molar-refractivity contribution in [2.75, 3.05) is 25.9 Å². The summed E-state index contributed by atoms with van der Waals surface area (Å²) in [5.74, 6) is 0.696. The monoisotopic (exact) mass is 499 g/mol. The zero-order chi connectivity index (χ0) is 19.6. The first-order valence-electron chi connectivity index (χ1n) is 9.08. The molecule has 2 rings (SSSR count). The first-order chi connectivity index (χ1) is 13.1. The van der Waals surface area contributed by atoms with Crippen LogP contribution < -0.4 is 16.4 Å². The highest BCUT2D eigenvalue weighted by Gasteiger charge is 2.16. The lowest BCUT2D eigenvalue weighted by molar-refractivity contribution is 0.627. The quantitative estimate of drug-likeness (QED) is 0.224. The number of hydrogen-bond acceptors (Lipinski definition) is 4. The number of hydrogen-bond donors (Lipinski definition) is 3. The van der Waals surface area contributed by atoms with Gasteiger partial charge in [-0.15, -0.1) is 24.0 Å². The molecule has 0 atom stereocenters. The molecule has 7 nitrogen and oxygen atoms in total. The molecule has 0 aliphatic heterocycles. The van der Waals surface area contributed by atoms with Crippen molar-refractivity contribution < 1.29 is 4.39 Å². The number of rotatable bonds is 8. The SMILES string of the molecule is CCCCNC(=NC)NCCCc1nn(-c2ccc(F)cc2)c(N)c1C#N.I. The van der Waals surface area contributed by atoms with Gasteiger partial charge in [-0.05, 0) is 43.5 Å². The second kappa shape index (κ2) is 12.2. The first-order valence-corrected chi connectivity index (χ1v) is 9.08. The van der Waals surface area contributed by atoms with Gasteiger partial charge in [0, 0.05) is 20.1 Å².